The Morgan fingerprint density at radius 1 is 1.25 bits per heavy atom. The van der Waals surface area contributed by atoms with Crippen LogP contribution in [0.4, 0.5) is 0 Å². The van der Waals surface area contributed by atoms with E-state index in [-0.39, 0.29) is 11.5 Å². The molecule has 1 atom stereocenters. The molecule has 1 aromatic carbocycles. The molecule has 1 unspecified atom stereocenters. The monoisotopic (exact) mass is 333 g/mol. The van der Waals surface area contributed by atoms with E-state index in [4.69, 9.17) is 9.47 Å². The van der Waals surface area contributed by atoms with Crippen LogP contribution in [0, 0.1) is 5.41 Å². The van der Waals surface area contributed by atoms with Crippen LogP contribution in [0.2, 0.25) is 0 Å². The van der Waals surface area contributed by atoms with Gasteiger partial charge >= 0.3 is 0 Å². The van der Waals surface area contributed by atoms with E-state index in [0.29, 0.717) is 13.2 Å². The van der Waals surface area contributed by atoms with Gasteiger partial charge in [-0.3, -0.25) is 4.90 Å². The zero-order valence-electron chi connectivity index (χ0n) is 14.9. The van der Waals surface area contributed by atoms with Crippen molar-refractivity contribution in [2.24, 2.45) is 5.41 Å². The first-order valence-electron chi connectivity index (χ1n) is 9.39. The summed E-state index contributed by atoms with van der Waals surface area (Å²) in [6.45, 7) is 7.19. The number of ether oxygens (including phenoxy) is 2. The molecular formula is C20H31NO3. The molecule has 2 aliphatic heterocycles. The molecule has 24 heavy (non-hydrogen) atoms. The van der Waals surface area contributed by atoms with Crippen molar-refractivity contribution in [2.75, 3.05) is 32.9 Å². The molecule has 2 heterocycles. The van der Waals surface area contributed by atoms with Gasteiger partial charge in [0.05, 0.1) is 6.10 Å². The number of hydrogen-bond acceptors (Lipinski definition) is 4. The van der Waals surface area contributed by atoms with Crippen molar-refractivity contribution in [1.82, 2.24) is 4.90 Å². The molecular weight excluding hydrogens is 302 g/mol. The summed E-state index contributed by atoms with van der Waals surface area (Å²) in [6.07, 6.45) is 5.81. The molecule has 2 fully saturated rings. The predicted molar refractivity (Wildman–Crippen MR) is 95.2 cm³/mol. The molecule has 0 saturated carbocycles. The summed E-state index contributed by atoms with van der Waals surface area (Å²) in [5, 5.41) is 9.64. The normalized spacial score (nSPS) is 24.2. The van der Waals surface area contributed by atoms with Gasteiger partial charge in [-0.05, 0) is 68.3 Å². The van der Waals surface area contributed by atoms with E-state index in [2.05, 4.69) is 36.1 Å². The van der Waals surface area contributed by atoms with Crippen molar-refractivity contribution < 1.29 is 14.6 Å². The van der Waals surface area contributed by atoms with Crippen LogP contribution in [0.15, 0.2) is 24.3 Å². The van der Waals surface area contributed by atoms with Crippen LogP contribution in [-0.4, -0.2) is 49.0 Å². The zero-order chi connectivity index (χ0) is 16.8. The van der Waals surface area contributed by atoms with E-state index in [1.54, 1.807) is 0 Å². The van der Waals surface area contributed by atoms with E-state index in [9.17, 15) is 5.11 Å². The van der Waals surface area contributed by atoms with Gasteiger partial charge in [0.1, 0.15) is 12.4 Å². The maximum Gasteiger partial charge on any atom is 0.119 e. The summed E-state index contributed by atoms with van der Waals surface area (Å²) in [6, 6.07) is 8.47. The minimum atomic E-state index is 0.163. The number of rotatable bonds is 7. The smallest absolute Gasteiger partial charge is 0.119 e. The Hall–Kier alpha value is -1.10. The third-order valence-corrected chi connectivity index (χ3v) is 5.79. The SMILES string of the molecule is CCC1(CO)CCN(Cc2ccc(OCC3CCCO3)cc2)CC1. The van der Waals surface area contributed by atoms with Crippen LogP contribution in [0.1, 0.15) is 44.6 Å². The van der Waals surface area contributed by atoms with Gasteiger partial charge in [-0.2, -0.15) is 0 Å². The molecule has 0 radical (unpaired) electrons. The predicted octanol–water partition coefficient (Wildman–Crippen LogP) is 3.23. The van der Waals surface area contributed by atoms with E-state index in [0.717, 1.165) is 64.1 Å². The number of hydrogen-bond donors (Lipinski definition) is 1. The van der Waals surface area contributed by atoms with Crippen LogP contribution in [0.3, 0.4) is 0 Å². The lowest BCUT2D eigenvalue weighted by atomic mass is 9.77. The van der Waals surface area contributed by atoms with Gasteiger partial charge in [-0.25, -0.2) is 0 Å². The molecule has 2 saturated heterocycles. The van der Waals surface area contributed by atoms with Gasteiger partial charge in [0, 0.05) is 19.8 Å². The Kier molecular flexibility index (Phi) is 6.14. The molecule has 0 aliphatic carbocycles. The van der Waals surface area contributed by atoms with Crippen molar-refractivity contribution in [2.45, 2.75) is 51.7 Å². The summed E-state index contributed by atoms with van der Waals surface area (Å²) in [7, 11) is 0. The Labute approximate surface area is 145 Å². The fourth-order valence-corrected chi connectivity index (χ4v) is 3.72. The molecule has 0 amide bonds. The van der Waals surface area contributed by atoms with Gasteiger partial charge in [-0.1, -0.05) is 19.1 Å². The average molecular weight is 333 g/mol. The van der Waals surface area contributed by atoms with Crippen molar-refractivity contribution in [3.63, 3.8) is 0 Å². The van der Waals surface area contributed by atoms with Crippen molar-refractivity contribution in [1.29, 1.82) is 0 Å². The highest BCUT2D eigenvalue weighted by atomic mass is 16.5. The highest BCUT2D eigenvalue weighted by Gasteiger charge is 2.32. The molecule has 0 aromatic heterocycles. The largest absolute Gasteiger partial charge is 0.491 e. The number of benzene rings is 1. The van der Waals surface area contributed by atoms with Gasteiger partial charge in [0.25, 0.3) is 0 Å². The maximum absolute atomic E-state index is 9.64. The summed E-state index contributed by atoms with van der Waals surface area (Å²) < 4.78 is 11.4. The van der Waals surface area contributed by atoms with E-state index in [1.807, 2.05) is 0 Å². The highest BCUT2D eigenvalue weighted by molar-refractivity contribution is 5.27. The Bertz CT molecular complexity index is 482. The van der Waals surface area contributed by atoms with Gasteiger partial charge in [0.15, 0.2) is 0 Å². The first-order chi connectivity index (χ1) is 11.7. The first kappa shape index (κ1) is 17.7. The molecule has 4 nitrogen and oxygen atoms in total. The minimum absolute atomic E-state index is 0.163. The topological polar surface area (TPSA) is 41.9 Å². The Morgan fingerprint density at radius 3 is 2.58 bits per heavy atom. The maximum atomic E-state index is 9.64. The lowest BCUT2D eigenvalue weighted by Gasteiger charge is -2.40. The summed E-state index contributed by atoms with van der Waals surface area (Å²) in [5.41, 5.74) is 1.49. The van der Waals surface area contributed by atoms with Crippen molar-refractivity contribution >= 4 is 0 Å². The van der Waals surface area contributed by atoms with E-state index >= 15 is 0 Å². The Morgan fingerprint density at radius 2 is 2.00 bits per heavy atom. The molecule has 1 N–H and O–H groups in total. The number of nitrogens with zero attached hydrogens (tertiary/aromatic N) is 1. The summed E-state index contributed by atoms with van der Waals surface area (Å²) >= 11 is 0. The zero-order valence-corrected chi connectivity index (χ0v) is 14.9. The third kappa shape index (κ3) is 4.50. The number of piperidine rings is 1. The van der Waals surface area contributed by atoms with Crippen LogP contribution in [-0.2, 0) is 11.3 Å². The van der Waals surface area contributed by atoms with Gasteiger partial charge in [-0.15, -0.1) is 0 Å². The molecule has 2 aliphatic rings. The Balaban J connectivity index is 1.44. The second-order valence-corrected chi connectivity index (χ2v) is 7.38. The molecule has 1 aromatic rings. The highest BCUT2D eigenvalue weighted by Crippen LogP contribution is 2.34. The molecule has 4 heteroatoms. The molecule has 3 rings (SSSR count). The number of aliphatic hydroxyl groups is 1. The van der Waals surface area contributed by atoms with Gasteiger partial charge < -0.3 is 14.6 Å². The average Bonchev–Trinajstić information content (AvgIpc) is 3.16. The van der Waals surface area contributed by atoms with Crippen LogP contribution in [0.25, 0.3) is 0 Å². The lowest BCUT2D eigenvalue weighted by molar-refractivity contribution is 0.0382. The third-order valence-electron chi connectivity index (χ3n) is 5.79. The van der Waals surface area contributed by atoms with Crippen LogP contribution >= 0.6 is 0 Å². The fourth-order valence-electron chi connectivity index (χ4n) is 3.72. The molecule has 0 spiro atoms. The minimum Gasteiger partial charge on any atom is -0.491 e. The van der Waals surface area contributed by atoms with E-state index < -0.39 is 0 Å². The quantitative estimate of drug-likeness (QED) is 0.832. The standard InChI is InChI=1S/C20H31NO3/c1-2-20(16-22)9-11-21(12-10-20)14-17-5-7-18(8-6-17)24-15-19-4-3-13-23-19/h5-8,19,22H,2-4,9-16H2,1H3. The van der Waals surface area contributed by atoms with Gasteiger partial charge in [0.2, 0.25) is 0 Å². The second-order valence-electron chi connectivity index (χ2n) is 7.38. The number of aliphatic hydroxyl groups excluding tert-OH is 1. The first-order valence-corrected chi connectivity index (χ1v) is 9.39. The van der Waals surface area contributed by atoms with Crippen molar-refractivity contribution in [3.05, 3.63) is 29.8 Å². The summed E-state index contributed by atoms with van der Waals surface area (Å²) in [4.78, 5) is 2.49. The molecule has 0 bridgehead atoms. The van der Waals surface area contributed by atoms with Crippen LogP contribution < -0.4 is 4.74 Å². The second kappa shape index (κ2) is 8.32. The lowest BCUT2D eigenvalue weighted by Crippen LogP contribution is -2.41. The molecule has 134 valence electrons. The number of likely N-dealkylation sites (tertiary alicyclic amines) is 1. The van der Waals surface area contributed by atoms with E-state index in [1.165, 1.54) is 5.56 Å². The fraction of sp³-hybridized carbons (Fsp3) is 0.700. The summed E-state index contributed by atoms with van der Waals surface area (Å²) in [5.74, 6) is 0.929. The van der Waals surface area contributed by atoms with Crippen LogP contribution in [0.5, 0.6) is 5.75 Å². The van der Waals surface area contributed by atoms with Crippen molar-refractivity contribution in [3.8, 4) is 5.75 Å².